The van der Waals surface area contributed by atoms with Crippen molar-refractivity contribution < 1.29 is 14.3 Å². The zero-order valence-electron chi connectivity index (χ0n) is 27.4. The van der Waals surface area contributed by atoms with Gasteiger partial charge in [0, 0.05) is 29.6 Å². The lowest BCUT2D eigenvalue weighted by Gasteiger charge is -2.09. The Labute approximate surface area is 246 Å². The average molecular weight is 552 g/mol. The number of carbonyl (C=O) groups excluding carboxylic acids is 1. The van der Waals surface area contributed by atoms with Gasteiger partial charge in [0.25, 0.3) is 0 Å². The Hall–Kier alpha value is -3.11. The van der Waals surface area contributed by atoms with Crippen LogP contribution in [0.3, 0.4) is 0 Å². The molecule has 0 spiro atoms. The molecule has 4 heteroatoms. The molecular formula is C36H57NO3. The van der Waals surface area contributed by atoms with Crippen LogP contribution in [0.4, 0.5) is 0 Å². The maximum absolute atomic E-state index is 11.4. The number of nitrogens with zero attached hydrogens (tertiary/aromatic N) is 1. The van der Waals surface area contributed by atoms with E-state index < -0.39 is 0 Å². The molecule has 3 rings (SSSR count). The van der Waals surface area contributed by atoms with Gasteiger partial charge in [0.2, 0.25) is 0 Å². The van der Waals surface area contributed by atoms with Crippen LogP contribution < -0.4 is 0 Å². The van der Waals surface area contributed by atoms with Crippen LogP contribution in [-0.2, 0) is 27.2 Å². The third kappa shape index (κ3) is 16.8. The van der Waals surface area contributed by atoms with Gasteiger partial charge in [0.1, 0.15) is 11.5 Å². The van der Waals surface area contributed by atoms with Crippen molar-refractivity contribution >= 4 is 16.7 Å². The van der Waals surface area contributed by atoms with Gasteiger partial charge < -0.3 is 14.0 Å². The fourth-order valence-corrected chi connectivity index (χ4v) is 3.50. The molecule has 0 N–H and O–H groups in total. The number of aryl methyl sites for hydroxylation is 1. The molecule has 224 valence electrons. The van der Waals surface area contributed by atoms with Crippen LogP contribution in [0.15, 0.2) is 84.7 Å². The molecular weight excluding hydrogens is 494 g/mol. The Kier molecular flexibility index (Phi) is 22.1. The second kappa shape index (κ2) is 22.7. The first-order valence-corrected chi connectivity index (χ1v) is 14.4. The molecule has 2 aromatic rings. The van der Waals surface area contributed by atoms with Gasteiger partial charge in [-0.1, -0.05) is 76.3 Å². The minimum Gasteiger partial charge on any atom is -0.495 e. The van der Waals surface area contributed by atoms with E-state index in [0.717, 1.165) is 25.3 Å². The van der Waals surface area contributed by atoms with E-state index in [-0.39, 0.29) is 5.78 Å². The summed E-state index contributed by atoms with van der Waals surface area (Å²) >= 11 is 0. The largest absolute Gasteiger partial charge is 0.495 e. The smallest absolute Gasteiger partial charge is 0.134 e. The number of hydrogen-bond donors (Lipinski definition) is 0. The van der Waals surface area contributed by atoms with E-state index in [0.29, 0.717) is 24.7 Å². The van der Waals surface area contributed by atoms with Gasteiger partial charge in [-0.15, -0.1) is 6.58 Å². The second-order valence-electron chi connectivity index (χ2n) is 10.00. The first-order valence-electron chi connectivity index (χ1n) is 14.4. The Morgan fingerprint density at radius 1 is 1.15 bits per heavy atom. The summed E-state index contributed by atoms with van der Waals surface area (Å²) in [5.41, 5.74) is 7.55. The number of carbonyl (C=O) groups is 1. The first-order chi connectivity index (χ1) is 18.9. The molecule has 0 saturated heterocycles. The van der Waals surface area contributed by atoms with Crippen molar-refractivity contribution in [3.05, 3.63) is 96.0 Å². The molecule has 0 aliphatic carbocycles. The van der Waals surface area contributed by atoms with E-state index in [2.05, 4.69) is 89.3 Å². The normalized spacial score (nSPS) is 11.8. The SMILES string of the molecule is C/C=C(\C)Cn1c(C)cc2c(CC(C)=O)cccc21.C=C(C)C.C=CC(=C)OCC.CC.CC(C)C1=CCOC1. The first kappa shape index (κ1) is 39.0. The lowest BCUT2D eigenvalue weighted by atomic mass is 10.1. The van der Waals surface area contributed by atoms with Crippen molar-refractivity contribution in [3.8, 4) is 0 Å². The molecule has 1 aliphatic rings. The number of fused-ring (bicyclic) bond motifs is 1. The zero-order valence-corrected chi connectivity index (χ0v) is 27.4. The number of rotatable bonds is 8. The summed E-state index contributed by atoms with van der Waals surface area (Å²) < 4.78 is 12.3. The van der Waals surface area contributed by atoms with Gasteiger partial charge in [-0.05, 0) is 83.7 Å². The topological polar surface area (TPSA) is 40.5 Å². The summed E-state index contributed by atoms with van der Waals surface area (Å²) in [5, 5.41) is 1.21. The van der Waals surface area contributed by atoms with Crippen molar-refractivity contribution in [2.45, 2.75) is 89.1 Å². The number of allylic oxidation sites excluding steroid dienone is 4. The van der Waals surface area contributed by atoms with Crippen LogP contribution in [0, 0.1) is 12.8 Å². The maximum atomic E-state index is 11.4. The molecule has 0 fully saturated rings. The molecule has 1 aromatic heterocycles. The summed E-state index contributed by atoms with van der Waals surface area (Å²) in [5.74, 6) is 1.53. The number of ketones is 1. The molecule has 0 saturated carbocycles. The molecule has 4 nitrogen and oxygen atoms in total. The molecule has 0 unspecified atom stereocenters. The lowest BCUT2D eigenvalue weighted by Crippen LogP contribution is -2.01. The predicted molar refractivity (Wildman–Crippen MR) is 177 cm³/mol. The van der Waals surface area contributed by atoms with E-state index in [1.807, 2.05) is 40.7 Å². The van der Waals surface area contributed by atoms with Crippen LogP contribution >= 0.6 is 0 Å². The van der Waals surface area contributed by atoms with Crippen molar-refractivity contribution in [2.75, 3.05) is 19.8 Å². The highest BCUT2D eigenvalue weighted by atomic mass is 16.5. The van der Waals surface area contributed by atoms with E-state index in [4.69, 9.17) is 9.47 Å². The fraction of sp³-hybridized carbons (Fsp3) is 0.472. The van der Waals surface area contributed by atoms with E-state index in [1.54, 1.807) is 13.0 Å². The van der Waals surface area contributed by atoms with Gasteiger partial charge in [-0.25, -0.2) is 0 Å². The molecule has 1 aliphatic heterocycles. The van der Waals surface area contributed by atoms with Gasteiger partial charge in [-0.3, -0.25) is 4.79 Å². The number of ether oxygens (including phenoxy) is 2. The van der Waals surface area contributed by atoms with E-state index in [9.17, 15) is 4.79 Å². The third-order valence-corrected chi connectivity index (χ3v) is 5.61. The van der Waals surface area contributed by atoms with Crippen LogP contribution in [0.1, 0.15) is 80.5 Å². The summed E-state index contributed by atoms with van der Waals surface area (Å²) in [6, 6.07) is 8.42. The molecule has 0 radical (unpaired) electrons. The lowest BCUT2D eigenvalue weighted by molar-refractivity contribution is -0.116. The Balaban J connectivity index is 0. The van der Waals surface area contributed by atoms with Crippen molar-refractivity contribution in [1.29, 1.82) is 0 Å². The molecule has 2 heterocycles. The summed E-state index contributed by atoms with van der Waals surface area (Å²) in [7, 11) is 0. The zero-order chi connectivity index (χ0) is 31.3. The standard InChI is InChI=1S/C17H21NO.C7H12O.C6H10O.C4H8.C2H6/c1-5-12(2)11-18-13(3)9-16-15(10-14(4)19)7-6-8-17(16)18;1-6(2)7-3-4-8-5-7;1-4-6(3)7-5-2;1-4(2)3;1-2/h5-9H,10-11H2,1-4H3;3,6H,4-5H2,1-2H3;4H,1,3,5H2,2H3;1H2,2-3H3;1-2H3/b12-5+;;;;. The highest BCUT2D eigenvalue weighted by Crippen LogP contribution is 2.25. The molecule has 0 atom stereocenters. The monoisotopic (exact) mass is 551 g/mol. The minimum absolute atomic E-state index is 0.211. The van der Waals surface area contributed by atoms with Gasteiger partial charge >= 0.3 is 0 Å². The van der Waals surface area contributed by atoms with Gasteiger partial charge in [0.15, 0.2) is 0 Å². The highest BCUT2D eigenvalue weighted by molar-refractivity contribution is 5.89. The Morgan fingerprint density at radius 2 is 1.75 bits per heavy atom. The van der Waals surface area contributed by atoms with Crippen molar-refractivity contribution in [3.63, 3.8) is 0 Å². The summed E-state index contributed by atoms with van der Waals surface area (Å²) in [6.45, 7) is 36.0. The predicted octanol–water partition coefficient (Wildman–Crippen LogP) is 9.98. The second-order valence-corrected chi connectivity index (χ2v) is 10.00. The highest BCUT2D eigenvalue weighted by Gasteiger charge is 2.10. The Bertz CT molecular complexity index is 1110. The Morgan fingerprint density at radius 3 is 2.12 bits per heavy atom. The van der Waals surface area contributed by atoms with Crippen LogP contribution in [0.2, 0.25) is 0 Å². The number of hydrogen-bond acceptors (Lipinski definition) is 3. The molecule has 0 amide bonds. The van der Waals surface area contributed by atoms with Gasteiger partial charge in [-0.2, -0.15) is 0 Å². The van der Waals surface area contributed by atoms with Crippen LogP contribution in [0.25, 0.3) is 10.9 Å². The van der Waals surface area contributed by atoms with Crippen LogP contribution in [-0.4, -0.2) is 30.2 Å². The van der Waals surface area contributed by atoms with Crippen molar-refractivity contribution in [2.24, 2.45) is 5.92 Å². The number of aromatic nitrogens is 1. The summed E-state index contributed by atoms with van der Waals surface area (Å²) in [4.78, 5) is 11.4. The quantitative estimate of drug-likeness (QED) is 0.186. The van der Waals surface area contributed by atoms with Crippen molar-refractivity contribution in [1.82, 2.24) is 4.57 Å². The molecule has 40 heavy (non-hydrogen) atoms. The number of Topliss-reactive ketones (excluding diaryl/α,β-unsaturated/α-hetero) is 1. The molecule has 1 aromatic carbocycles. The number of benzene rings is 1. The third-order valence-electron chi connectivity index (χ3n) is 5.61. The van der Waals surface area contributed by atoms with E-state index in [1.165, 1.54) is 33.3 Å². The maximum Gasteiger partial charge on any atom is 0.134 e. The summed E-state index contributed by atoms with van der Waals surface area (Å²) in [6.07, 6.45) is 6.42. The minimum atomic E-state index is 0.211. The van der Waals surface area contributed by atoms with E-state index >= 15 is 0 Å². The molecule has 0 bridgehead atoms. The van der Waals surface area contributed by atoms with Crippen LogP contribution in [0.5, 0.6) is 0 Å². The average Bonchev–Trinajstić information content (AvgIpc) is 3.55. The fourth-order valence-electron chi connectivity index (χ4n) is 3.50. The van der Waals surface area contributed by atoms with Gasteiger partial charge in [0.05, 0.1) is 19.8 Å².